The number of anilines is 1. The van der Waals surface area contributed by atoms with E-state index in [0.717, 1.165) is 0 Å². The number of rotatable bonds is 8. The fraction of sp³-hybridized carbons (Fsp3) is 0.500. The number of carbonyl (C=O) groups excluding carboxylic acids is 1. The summed E-state index contributed by atoms with van der Waals surface area (Å²) in [6, 6.07) is 7.09. The van der Waals surface area contributed by atoms with Gasteiger partial charge in [-0.15, -0.1) is 0 Å². The third kappa shape index (κ3) is 6.67. The first-order valence-corrected chi connectivity index (χ1v) is 6.55. The molecule has 19 heavy (non-hydrogen) atoms. The van der Waals surface area contributed by atoms with Crippen LogP contribution in [0.2, 0.25) is 0 Å². The predicted octanol–water partition coefficient (Wildman–Crippen LogP) is 1.31. The average molecular weight is 266 g/mol. The van der Waals surface area contributed by atoms with Crippen molar-refractivity contribution in [3.8, 4) is 5.75 Å². The maximum absolute atomic E-state index is 11.5. The number of amides is 1. The first kappa shape index (κ1) is 15.3. The minimum atomic E-state index is -0.344. The lowest BCUT2D eigenvalue weighted by atomic mass is 10.2. The van der Waals surface area contributed by atoms with Gasteiger partial charge in [0.2, 0.25) is 5.91 Å². The van der Waals surface area contributed by atoms with Gasteiger partial charge in [0.05, 0.1) is 19.1 Å². The van der Waals surface area contributed by atoms with Crippen molar-refractivity contribution in [3.05, 3.63) is 24.3 Å². The third-order valence-electron chi connectivity index (χ3n) is 2.73. The van der Waals surface area contributed by atoms with Crippen LogP contribution >= 0.6 is 0 Å². The molecule has 0 aliphatic carbocycles. The summed E-state index contributed by atoms with van der Waals surface area (Å²) < 4.78 is 5.42. The van der Waals surface area contributed by atoms with Crippen LogP contribution in [0.1, 0.15) is 26.2 Å². The molecule has 0 radical (unpaired) electrons. The largest absolute Gasteiger partial charge is 0.493 e. The highest BCUT2D eigenvalue weighted by atomic mass is 16.5. The van der Waals surface area contributed by atoms with Crippen LogP contribution in [0.25, 0.3) is 0 Å². The monoisotopic (exact) mass is 266 g/mol. The molecule has 1 rings (SSSR count). The molecule has 5 heteroatoms. The van der Waals surface area contributed by atoms with Gasteiger partial charge >= 0.3 is 0 Å². The molecule has 1 aromatic carbocycles. The summed E-state index contributed by atoms with van der Waals surface area (Å²) in [5.41, 5.74) is 6.25. The van der Waals surface area contributed by atoms with Crippen LogP contribution < -0.4 is 15.8 Å². The van der Waals surface area contributed by atoms with E-state index in [-0.39, 0.29) is 18.4 Å². The number of ether oxygens (including phenoxy) is 1. The molecule has 0 aliphatic heterocycles. The summed E-state index contributed by atoms with van der Waals surface area (Å²) in [5, 5.41) is 12.1. The number of hydrogen-bond acceptors (Lipinski definition) is 4. The van der Waals surface area contributed by atoms with E-state index in [2.05, 4.69) is 5.32 Å². The molecule has 5 nitrogen and oxygen atoms in total. The molecule has 0 fully saturated rings. The molecule has 0 saturated carbocycles. The Morgan fingerprint density at radius 1 is 1.53 bits per heavy atom. The number of benzene rings is 1. The molecule has 1 unspecified atom stereocenters. The average Bonchev–Trinajstić information content (AvgIpc) is 2.38. The lowest BCUT2D eigenvalue weighted by molar-refractivity contribution is -0.121. The third-order valence-corrected chi connectivity index (χ3v) is 2.73. The number of nitrogens with one attached hydrogen (secondary N) is 1. The lowest BCUT2D eigenvalue weighted by Gasteiger charge is -2.09. The van der Waals surface area contributed by atoms with Crippen molar-refractivity contribution in [3.63, 3.8) is 0 Å². The van der Waals surface area contributed by atoms with Crippen LogP contribution in [-0.4, -0.2) is 30.3 Å². The molecule has 0 spiro atoms. The standard InChI is InChI=1S/C14H22N2O3/c1-2-12(17)6-8-16-14(18)7-9-19-13-5-3-4-11(15)10-13/h3-5,10,12,17H,2,6-9,15H2,1H3,(H,16,18). The van der Waals surface area contributed by atoms with Crippen LogP contribution in [0.4, 0.5) is 5.69 Å². The summed E-state index contributed by atoms with van der Waals surface area (Å²) in [7, 11) is 0. The van der Waals surface area contributed by atoms with Crippen LogP contribution in [0, 0.1) is 0 Å². The van der Waals surface area contributed by atoms with Gasteiger partial charge in [0.1, 0.15) is 5.75 Å². The van der Waals surface area contributed by atoms with E-state index < -0.39 is 0 Å². The van der Waals surface area contributed by atoms with E-state index >= 15 is 0 Å². The van der Waals surface area contributed by atoms with Gasteiger partial charge in [-0.1, -0.05) is 13.0 Å². The SMILES string of the molecule is CCC(O)CCNC(=O)CCOc1cccc(N)c1. The fourth-order valence-electron chi connectivity index (χ4n) is 1.54. The smallest absolute Gasteiger partial charge is 0.223 e. The van der Waals surface area contributed by atoms with Gasteiger partial charge in [-0.25, -0.2) is 0 Å². The zero-order chi connectivity index (χ0) is 14.1. The molecule has 0 heterocycles. The molecule has 0 aromatic heterocycles. The van der Waals surface area contributed by atoms with E-state index in [9.17, 15) is 9.90 Å². The summed E-state index contributed by atoms with van der Waals surface area (Å²) in [4.78, 5) is 11.5. The van der Waals surface area contributed by atoms with E-state index in [1.54, 1.807) is 24.3 Å². The molecular weight excluding hydrogens is 244 g/mol. The van der Waals surface area contributed by atoms with E-state index in [1.165, 1.54) is 0 Å². The van der Waals surface area contributed by atoms with Gasteiger partial charge in [0, 0.05) is 18.3 Å². The molecule has 0 bridgehead atoms. The van der Waals surface area contributed by atoms with Crippen LogP contribution in [0.3, 0.4) is 0 Å². The predicted molar refractivity (Wildman–Crippen MR) is 74.9 cm³/mol. The fourth-order valence-corrected chi connectivity index (χ4v) is 1.54. The zero-order valence-electron chi connectivity index (χ0n) is 11.3. The molecule has 0 aliphatic rings. The van der Waals surface area contributed by atoms with Crippen molar-refractivity contribution in [1.29, 1.82) is 0 Å². The number of hydrogen-bond donors (Lipinski definition) is 3. The Bertz CT molecular complexity index is 396. The number of nitrogen functional groups attached to an aromatic ring is 1. The summed E-state index contributed by atoms with van der Waals surface area (Å²) in [5.74, 6) is 0.585. The summed E-state index contributed by atoms with van der Waals surface area (Å²) in [6.45, 7) is 2.71. The van der Waals surface area contributed by atoms with Crippen molar-refractivity contribution in [2.24, 2.45) is 0 Å². The Balaban J connectivity index is 2.13. The Labute approximate surface area is 113 Å². The molecule has 0 saturated heterocycles. The Kier molecular flexibility index (Phi) is 6.74. The Morgan fingerprint density at radius 2 is 2.32 bits per heavy atom. The maximum atomic E-state index is 11.5. The first-order chi connectivity index (χ1) is 9.11. The lowest BCUT2D eigenvalue weighted by Crippen LogP contribution is -2.28. The van der Waals surface area contributed by atoms with Gasteiger partial charge < -0.3 is 20.9 Å². The molecule has 106 valence electrons. The number of aliphatic hydroxyl groups is 1. The second-order valence-corrected chi connectivity index (χ2v) is 4.37. The van der Waals surface area contributed by atoms with E-state index in [4.69, 9.17) is 10.5 Å². The molecule has 4 N–H and O–H groups in total. The number of carbonyl (C=O) groups is 1. The van der Waals surface area contributed by atoms with Crippen molar-refractivity contribution >= 4 is 11.6 Å². The van der Waals surface area contributed by atoms with Crippen LogP contribution in [-0.2, 0) is 4.79 Å². The van der Waals surface area contributed by atoms with Crippen molar-refractivity contribution in [2.75, 3.05) is 18.9 Å². The molecule has 1 atom stereocenters. The van der Waals surface area contributed by atoms with Gasteiger partial charge in [-0.3, -0.25) is 4.79 Å². The topological polar surface area (TPSA) is 84.6 Å². The van der Waals surface area contributed by atoms with E-state index in [0.29, 0.717) is 37.4 Å². The first-order valence-electron chi connectivity index (χ1n) is 6.55. The van der Waals surface area contributed by atoms with E-state index in [1.807, 2.05) is 6.92 Å². The van der Waals surface area contributed by atoms with Gasteiger partial charge in [-0.2, -0.15) is 0 Å². The van der Waals surface area contributed by atoms with Crippen molar-refractivity contribution in [2.45, 2.75) is 32.3 Å². The quantitative estimate of drug-likeness (QED) is 0.619. The molecular formula is C14H22N2O3. The Hall–Kier alpha value is -1.75. The second-order valence-electron chi connectivity index (χ2n) is 4.37. The van der Waals surface area contributed by atoms with Crippen molar-refractivity contribution < 1.29 is 14.6 Å². The van der Waals surface area contributed by atoms with Crippen LogP contribution in [0.5, 0.6) is 5.75 Å². The number of nitrogens with two attached hydrogens (primary N) is 1. The van der Waals surface area contributed by atoms with Gasteiger partial charge in [0.15, 0.2) is 0 Å². The highest BCUT2D eigenvalue weighted by Crippen LogP contribution is 2.14. The highest BCUT2D eigenvalue weighted by molar-refractivity contribution is 5.75. The summed E-state index contributed by atoms with van der Waals surface area (Å²) >= 11 is 0. The van der Waals surface area contributed by atoms with Gasteiger partial charge in [0.25, 0.3) is 0 Å². The second kappa shape index (κ2) is 8.37. The highest BCUT2D eigenvalue weighted by Gasteiger charge is 2.04. The normalized spacial score (nSPS) is 11.9. The minimum Gasteiger partial charge on any atom is -0.493 e. The van der Waals surface area contributed by atoms with Crippen LogP contribution in [0.15, 0.2) is 24.3 Å². The maximum Gasteiger partial charge on any atom is 0.223 e. The Morgan fingerprint density at radius 3 is 3.00 bits per heavy atom. The number of aliphatic hydroxyl groups excluding tert-OH is 1. The summed E-state index contributed by atoms with van der Waals surface area (Å²) in [6.07, 6.45) is 1.23. The molecule has 1 aromatic rings. The van der Waals surface area contributed by atoms with Gasteiger partial charge in [-0.05, 0) is 25.0 Å². The zero-order valence-corrected chi connectivity index (χ0v) is 11.3. The van der Waals surface area contributed by atoms with Crippen molar-refractivity contribution in [1.82, 2.24) is 5.32 Å². The molecule has 1 amide bonds. The minimum absolute atomic E-state index is 0.0767.